The van der Waals surface area contributed by atoms with Crippen molar-refractivity contribution in [3.05, 3.63) is 34.1 Å². The molecule has 1 unspecified atom stereocenters. The quantitative estimate of drug-likeness (QED) is 0.901. The van der Waals surface area contributed by atoms with Crippen molar-refractivity contribution < 1.29 is 9.13 Å². The molecular weight excluding hydrogens is 297 g/mol. The van der Waals surface area contributed by atoms with Crippen LogP contribution in [0.3, 0.4) is 0 Å². The number of benzene rings is 1. The second-order valence-corrected chi connectivity index (χ2v) is 5.91. The predicted molar refractivity (Wildman–Crippen MR) is 74.2 cm³/mol. The van der Waals surface area contributed by atoms with Crippen LogP contribution in [0.1, 0.15) is 18.9 Å². The molecule has 0 radical (unpaired) electrons. The Morgan fingerprint density at radius 3 is 3.00 bits per heavy atom. The van der Waals surface area contributed by atoms with Gasteiger partial charge in [-0.25, -0.2) is 4.39 Å². The van der Waals surface area contributed by atoms with E-state index in [9.17, 15) is 4.39 Å². The van der Waals surface area contributed by atoms with E-state index in [2.05, 4.69) is 28.2 Å². The molecule has 0 aliphatic carbocycles. The van der Waals surface area contributed by atoms with E-state index in [1.54, 1.807) is 6.07 Å². The van der Waals surface area contributed by atoms with Gasteiger partial charge >= 0.3 is 0 Å². The number of ether oxygens (including phenoxy) is 1. The summed E-state index contributed by atoms with van der Waals surface area (Å²) in [4.78, 5) is 0. The first kappa shape index (κ1) is 14.0. The lowest BCUT2D eigenvalue weighted by atomic mass is 9.80. The Labute approximate surface area is 116 Å². The lowest BCUT2D eigenvalue weighted by Gasteiger charge is -2.28. The molecule has 1 fully saturated rings. The normalized spacial score (nSPS) is 23.5. The van der Waals surface area contributed by atoms with E-state index in [-0.39, 0.29) is 11.2 Å². The van der Waals surface area contributed by atoms with Gasteiger partial charge < -0.3 is 10.1 Å². The summed E-state index contributed by atoms with van der Waals surface area (Å²) >= 11 is 3.40. The van der Waals surface area contributed by atoms with Gasteiger partial charge in [0, 0.05) is 23.0 Å². The van der Waals surface area contributed by atoms with Crippen LogP contribution in [0.2, 0.25) is 0 Å². The summed E-state index contributed by atoms with van der Waals surface area (Å²) in [5, 5.41) is 3.37. The van der Waals surface area contributed by atoms with Crippen molar-refractivity contribution in [1.82, 2.24) is 5.32 Å². The average Bonchev–Trinajstić information content (AvgIpc) is 2.80. The maximum absolute atomic E-state index is 13.8. The highest BCUT2D eigenvalue weighted by Gasteiger charge is 2.35. The van der Waals surface area contributed by atoms with Crippen LogP contribution in [-0.2, 0) is 11.2 Å². The molecule has 1 aliphatic rings. The van der Waals surface area contributed by atoms with Crippen molar-refractivity contribution >= 4 is 15.9 Å². The minimum atomic E-state index is -0.124. The summed E-state index contributed by atoms with van der Waals surface area (Å²) in [6.07, 6.45) is 1.72. The smallest absolute Gasteiger partial charge is 0.126 e. The number of hydrogen-bond donors (Lipinski definition) is 1. The van der Waals surface area contributed by atoms with Gasteiger partial charge in [-0.2, -0.15) is 0 Å². The fraction of sp³-hybridized carbons (Fsp3) is 0.571. The van der Waals surface area contributed by atoms with Crippen LogP contribution < -0.4 is 5.32 Å². The largest absolute Gasteiger partial charge is 0.381 e. The molecule has 1 aromatic rings. The molecule has 1 N–H and O–H groups in total. The Balaban J connectivity index is 2.15. The van der Waals surface area contributed by atoms with Crippen molar-refractivity contribution in [3.8, 4) is 0 Å². The predicted octanol–water partition coefficient (Wildman–Crippen LogP) is 3.15. The second kappa shape index (κ2) is 6.13. The van der Waals surface area contributed by atoms with Crippen LogP contribution in [0.15, 0.2) is 22.7 Å². The monoisotopic (exact) mass is 315 g/mol. The zero-order valence-electron chi connectivity index (χ0n) is 10.6. The molecule has 0 amide bonds. The third kappa shape index (κ3) is 3.31. The van der Waals surface area contributed by atoms with Gasteiger partial charge in [0.2, 0.25) is 0 Å². The topological polar surface area (TPSA) is 21.3 Å². The fourth-order valence-corrected chi connectivity index (χ4v) is 2.87. The van der Waals surface area contributed by atoms with Gasteiger partial charge in [0.05, 0.1) is 6.61 Å². The van der Waals surface area contributed by atoms with Crippen LogP contribution in [-0.4, -0.2) is 26.3 Å². The number of rotatable bonds is 5. The Bertz CT molecular complexity index is 405. The lowest BCUT2D eigenvalue weighted by molar-refractivity contribution is 0.149. The van der Waals surface area contributed by atoms with Crippen molar-refractivity contribution in [2.45, 2.75) is 19.8 Å². The van der Waals surface area contributed by atoms with Crippen LogP contribution in [0.25, 0.3) is 0 Å². The number of nitrogens with one attached hydrogen (secondary N) is 1. The molecule has 100 valence electrons. The molecule has 1 saturated heterocycles. The molecule has 1 aromatic carbocycles. The maximum atomic E-state index is 13.8. The van der Waals surface area contributed by atoms with Gasteiger partial charge in [-0.05, 0) is 43.1 Å². The molecule has 1 heterocycles. The molecule has 0 bridgehead atoms. The SMILES string of the molecule is CCNCC1(Cc2cc(Br)ccc2F)CCOC1. The number of hydrogen-bond acceptors (Lipinski definition) is 2. The molecule has 0 spiro atoms. The molecular formula is C14H19BrFNO. The minimum absolute atomic E-state index is 0.0393. The first-order chi connectivity index (χ1) is 8.65. The summed E-state index contributed by atoms with van der Waals surface area (Å²) in [7, 11) is 0. The molecule has 0 aromatic heterocycles. The fourth-order valence-electron chi connectivity index (χ4n) is 2.46. The second-order valence-electron chi connectivity index (χ2n) is 5.00. The molecule has 0 saturated carbocycles. The van der Waals surface area contributed by atoms with Crippen LogP contribution in [0.4, 0.5) is 4.39 Å². The zero-order valence-corrected chi connectivity index (χ0v) is 12.2. The van der Waals surface area contributed by atoms with E-state index < -0.39 is 0 Å². The highest BCUT2D eigenvalue weighted by molar-refractivity contribution is 9.10. The van der Waals surface area contributed by atoms with Crippen molar-refractivity contribution in [2.75, 3.05) is 26.3 Å². The third-order valence-electron chi connectivity index (χ3n) is 3.51. The Kier molecular flexibility index (Phi) is 4.76. The summed E-state index contributed by atoms with van der Waals surface area (Å²) in [5.74, 6) is -0.124. The highest BCUT2D eigenvalue weighted by atomic mass is 79.9. The van der Waals surface area contributed by atoms with Crippen LogP contribution in [0, 0.1) is 11.2 Å². The average molecular weight is 316 g/mol. The van der Waals surface area contributed by atoms with Crippen molar-refractivity contribution in [2.24, 2.45) is 5.41 Å². The van der Waals surface area contributed by atoms with Crippen LogP contribution >= 0.6 is 15.9 Å². The molecule has 4 heteroatoms. The Hall–Kier alpha value is -0.450. The van der Waals surface area contributed by atoms with E-state index in [1.807, 2.05) is 6.07 Å². The lowest BCUT2D eigenvalue weighted by Crippen LogP contribution is -2.37. The van der Waals surface area contributed by atoms with Crippen molar-refractivity contribution in [1.29, 1.82) is 0 Å². The van der Waals surface area contributed by atoms with E-state index >= 15 is 0 Å². The van der Waals surface area contributed by atoms with Gasteiger partial charge in [0.1, 0.15) is 5.82 Å². The standard InChI is InChI=1S/C14H19BrFNO/c1-2-17-9-14(5-6-18-10-14)8-11-7-12(15)3-4-13(11)16/h3-4,7,17H,2,5-6,8-10H2,1H3. The molecule has 1 aliphatic heterocycles. The van der Waals surface area contributed by atoms with Gasteiger partial charge in [0.25, 0.3) is 0 Å². The summed E-state index contributed by atoms with van der Waals surface area (Å²) in [6.45, 7) is 5.40. The van der Waals surface area contributed by atoms with E-state index in [0.717, 1.165) is 42.6 Å². The van der Waals surface area contributed by atoms with E-state index in [1.165, 1.54) is 6.07 Å². The summed E-state index contributed by atoms with van der Waals surface area (Å²) in [6, 6.07) is 5.14. The van der Waals surface area contributed by atoms with Crippen molar-refractivity contribution in [3.63, 3.8) is 0 Å². The Morgan fingerprint density at radius 2 is 2.33 bits per heavy atom. The van der Waals surface area contributed by atoms with Gasteiger partial charge in [-0.3, -0.25) is 0 Å². The summed E-state index contributed by atoms with van der Waals surface area (Å²) in [5.41, 5.74) is 0.810. The first-order valence-electron chi connectivity index (χ1n) is 6.38. The first-order valence-corrected chi connectivity index (χ1v) is 7.17. The van der Waals surface area contributed by atoms with Gasteiger partial charge in [-0.1, -0.05) is 22.9 Å². The summed E-state index contributed by atoms with van der Waals surface area (Å²) < 4.78 is 20.3. The van der Waals surface area contributed by atoms with Crippen LogP contribution in [0.5, 0.6) is 0 Å². The Morgan fingerprint density at radius 1 is 1.50 bits per heavy atom. The van der Waals surface area contributed by atoms with E-state index in [0.29, 0.717) is 6.61 Å². The maximum Gasteiger partial charge on any atom is 0.126 e. The van der Waals surface area contributed by atoms with Gasteiger partial charge in [0.15, 0.2) is 0 Å². The minimum Gasteiger partial charge on any atom is -0.381 e. The number of halogens is 2. The molecule has 18 heavy (non-hydrogen) atoms. The zero-order chi connectivity index (χ0) is 13.0. The molecule has 2 nitrogen and oxygen atoms in total. The highest BCUT2D eigenvalue weighted by Crippen LogP contribution is 2.33. The molecule has 2 rings (SSSR count). The van der Waals surface area contributed by atoms with E-state index in [4.69, 9.17) is 4.74 Å². The van der Waals surface area contributed by atoms with Gasteiger partial charge in [-0.15, -0.1) is 0 Å². The third-order valence-corrected chi connectivity index (χ3v) is 4.00. The molecule has 1 atom stereocenters.